The van der Waals surface area contributed by atoms with Crippen LogP contribution in [0.2, 0.25) is 0 Å². The highest BCUT2D eigenvalue weighted by molar-refractivity contribution is 5.79. The van der Waals surface area contributed by atoms with Gasteiger partial charge in [-0.15, -0.1) is 0 Å². The number of nitrogens with zero attached hydrogens (tertiary/aromatic N) is 2. The lowest BCUT2D eigenvalue weighted by Crippen LogP contribution is -2.38. The van der Waals surface area contributed by atoms with Crippen LogP contribution < -0.4 is 15.4 Å². The van der Waals surface area contributed by atoms with Gasteiger partial charge in [0.2, 0.25) is 0 Å². The molecule has 1 aromatic heterocycles. The summed E-state index contributed by atoms with van der Waals surface area (Å²) in [6.07, 6.45) is 3.16. The van der Waals surface area contributed by atoms with E-state index >= 15 is 0 Å². The first kappa shape index (κ1) is 17.7. The summed E-state index contributed by atoms with van der Waals surface area (Å²) in [6, 6.07) is 8.27. The molecule has 0 amide bonds. The lowest BCUT2D eigenvalue weighted by Gasteiger charge is -2.12. The van der Waals surface area contributed by atoms with Gasteiger partial charge >= 0.3 is 0 Å². The molecule has 0 saturated carbocycles. The van der Waals surface area contributed by atoms with Crippen LogP contribution >= 0.6 is 0 Å². The van der Waals surface area contributed by atoms with Crippen LogP contribution in [-0.4, -0.2) is 38.3 Å². The zero-order valence-electron chi connectivity index (χ0n) is 13.8. The van der Waals surface area contributed by atoms with Crippen molar-refractivity contribution in [2.75, 3.05) is 27.3 Å². The number of pyridine rings is 1. The fraction of sp³-hybridized carbons (Fsp3) is 0.294. The van der Waals surface area contributed by atoms with Gasteiger partial charge in [0.25, 0.3) is 0 Å². The molecule has 24 heavy (non-hydrogen) atoms. The van der Waals surface area contributed by atoms with Crippen molar-refractivity contribution in [3.63, 3.8) is 0 Å². The van der Waals surface area contributed by atoms with E-state index < -0.39 is 5.82 Å². The maximum Gasteiger partial charge on any atom is 0.191 e. The van der Waals surface area contributed by atoms with Gasteiger partial charge < -0.3 is 20.1 Å². The van der Waals surface area contributed by atoms with Crippen molar-refractivity contribution in [1.82, 2.24) is 15.6 Å². The Morgan fingerprint density at radius 3 is 2.83 bits per heavy atom. The number of aliphatic imine (C=N–C) groups is 1. The highest BCUT2D eigenvalue weighted by atomic mass is 19.1. The van der Waals surface area contributed by atoms with Gasteiger partial charge in [0.05, 0.1) is 12.8 Å². The summed E-state index contributed by atoms with van der Waals surface area (Å²) in [5.41, 5.74) is 0.778. The molecule has 0 fully saturated rings. The minimum Gasteiger partial charge on any atom is -0.453 e. The second kappa shape index (κ2) is 9.46. The number of nitrogens with one attached hydrogen (secondary N) is 2. The number of aromatic nitrogens is 1. The van der Waals surface area contributed by atoms with Crippen LogP contribution in [-0.2, 0) is 11.3 Å². The van der Waals surface area contributed by atoms with Gasteiger partial charge in [-0.1, -0.05) is 6.07 Å². The van der Waals surface area contributed by atoms with E-state index in [2.05, 4.69) is 20.6 Å². The van der Waals surface area contributed by atoms with Crippen molar-refractivity contribution in [3.05, 3.63) is 54.1 Å². The molecule has 0 aliphatic rings. The molecule has 7 heteroatoms. The molecule has 1 aromatic carbocycles. The van der Waals surface area contributed by atoms with Crippen LogP contribution in [0.3, 0.4) is 0 Å². The Labute approximate surface area is 140 Å². The number of halogens is 1. The predicted molar refractivity (Wildman–Crippen MR) is 90.8 cm³/mol. The highest BCUT2D eigenvalue weighted by Crippen LogP contribution is 2.24. The van der Waals surface area contributed by atoms with Gasteiger partial charge in [0, 0.05) is 33.4 Å². The molecular weight excluding hydrogens is 311 g/mol. The third kappa shape index (κ3) is 5.51. The van der Waals surface area contributed by atoms with E-state index in [9.17, 15) is 4.39 Å². The van der Waals surface area contributed by atoms with Gasteiger partial charge in [-0.3, -0.25) is 9.98 Å². The highest BCUT2D eigenvalue weighted by Gasteiger charge is 2.07. The topological polar surface area (TPSA) is 67.8 Å². The third-order valence-corrected chi connectivity index (χ3v) is 3.14. The second-order valence-corrected chi connectivity index (χ2v) is 4.90. The maximum atomic E-state index is 14.2. The van der Waals surface area contributed by atoms with E-state index in [1.807, 2.05) is 0 Å². The summed E-state index contributed by atoms with van der Waals surface area (Å²) >= 11 is 0. The van der Waals surface area contributed by atoms with Crippen molar-refractivity contribution >= 4 is 5.96 Å². The molecule has 0 spiro atoms. The molecule has 6 nitrogen and oxygen atoms in total. The Bertz CT molecular complexity index is 665. The SMILES string of the molecule is CN=C(NCCOC)NCc1ccc(Oc2cccnc2)c(F)c1. The molecule has 1 heterocycles. The Morgan fingerprint density at radius 1 is 1.29 bits per heavy atom. The predicted octanol–water partition coefficient (Wildman–Crippen LogP) is 2.32. The standard InChI is InChI=1S/C17H21FN4O2/c1-19-17(21-8-9-23-2)22-11-13-5-6-16(15(18)10-13)24-14-4-3-7-20-12-14/h3-7,10,12H,8-9,11H2,1-2H3,(H2,19,21,22). The van der Waals surface area contributed by atoms with E-state index in [-0.39, 0.29) is 5.75 Å². The molecule has 0 atom stereocenters. The maximum absolute atomic E-state index is 14.2. The summed E-state index contributed by atoms with van der Waals surface area (Å²) < 4.78 is 24.6. The Kier molecular flexibility index (Phi) is 6.97. The molecule has 2 rings (SSSR count). The fourth-order valence-corrected chi connectivity index (χ4v) is 1.95. The van der Waals surface area contributed by atoms with Crippen molar-refractivity contribution in [2.24, 2.45) is 4.99 Å². The molecular formula is C17H21FN4O2. The average Bonchev–Trinajstić information content (AvgIpc) is 2.61. The van der Waals surface area contributed by atoms with Crippen molar-refractivity contribution < 1.29 is 13.9 Å². The minimum absolute atomic E-state index is 0.161. The first-order chi connectivity index (χ1) is 11.7. The average molecular weight is 332 g/mol. The Morgan fingerprint density at radius 2 is 2.17 bits per heavy atom. The molecule has 0 bridgehead atoms. The molecule has 0 unspecified atom stereocenters. The second-order valence-electron chi connectivity index (χ2n) is 4.90. The molecule has 128 valence electrons. The Hall–Kier alpha value is -2.67. The van der Waals surface area contributed by atoms with E-state index in [4.69, 9.17) is 9.47 Å². The normalized spacial score (nSPS) is 11.2. The number of methoxy groups -OCH3 is 1. The minimum atomic E-state index is -0.430. The number of guanidine groups is 1. The van der Waals surface area contributed by atoms with Crippen LogP contribution in [0.5, 0.6) is 11.5 Å². The van der Waals surface area contributed by atoms with Crippen LogP contribution in [0.4, 0.5) is 4.39 Å². The van der Waals surface area contributed by atoms with E-state index in [0.29, 0.717) is 31.4 Å². The van der Waals surface area contributed by atoms with Gasteiger partial charge in [0.15, 0.2) is 17.5 Å². The molecule has 0 aliphatic carbocycles. The van der Waals surface area contributed by atoms with Gasteiger partial charge in [0.1, 0.15) is 5.75 Å². The number of benzene rings is 1. The first-order valence-corrected chi connectivity index (χ1v) is 7.52. The van der Waals surface area contributed by atoms with Crippen molar-refractivity contribution in [2.45, 2.75) is 6.54 Å². The zero-order valence-corrected chi connectivity index (χ0v) is 13.8. The summed E-state index contributed by atoms with van der Waals surface area (Å²) in [7, 11) is 3.31. The summed E-state index contributed by atoms with van der Waals surface area (Å²) in [5, 5.41) is 6.19. The van der Waals surface area contributed by atoms with E-state index in [0.717, 1.165) is 5.56 Å². The number of rotatable bonds is 7. The molecule has 0 saturated heterocycles. The number of hydrogen-bond donors (Lipinski definition) is 2. The van der Waals surface area contributed by atoms with Crippen LogP contribution in [0.15, 0.2) is 47.7 Å². The van der Waals surface area contributed by atoms with E-state index in [1.165, 1.54) is 12.3 Å². The molecule has 0 aliphatic heterocycles. The number of hydrogen-bond acceptors (Lipinski definition) is 4. The third-order valence-electron chi connectivity index (χ3n) is 3.14. The zero-order chi connectivity index (χ0) is 17.2. The summed E-state index contributed by atoms with van der Waals surface area (Å²) in [4.78, 5) is 8.01. The van der Waals surface area contributed by atoms with Crippen LogP contribution in [0.1, 0.15) is 5.56 Å². The summed E-state index contributed by atoms with van der Waals surface area (Å²) in [6.45, 7) is 1.66. The fourth-order valence-electron chi connectivity index (χ4n) is 1.95. The molecule has 0 radical (unpaired) electrons. The van der Waals surface area contributed by atoms with Gasteiger partial charge in [-0.25, -0.2) is 4.39 Å². The van der Waals surface area contributed by atoms with Gasteiger partial charge in [-0.2, -0.15) is 0 Å². The number of ether oxygens (including phenoxy) is 2. The van der Waals surface area contributed by atoms with Crippen LogP contribution in [0.25, 0.3) is 0 Å². The lowest BCUT2D eigenvalue weighted by molar-refractivity contribution is 0.203. The molecule has 2 N–H and O–H groups in total. The molecule has 2 aromatic rings. The monoisotopic (exact) mass is 332 g/mol. The van der Waals surface area contributed by atoms with E-state index in [1.54, 1.807) is 44.6 Å². The summed E-state index contributed by atoms with van der Waals surface area (Å²) in [5.74, 6) is 0.850. The lowest BCUT2D eigenvalue weighted by atomic mass is 10.2. The quantitative estimate of drug-likeness (QED) is 0.463. The smallest absolute Gasteiger partial charge is 0.191 e. The first-order valence-electron chi connectivity index (χ1n) is 7.52. The van der Waals surface area contributed by atoms with Gasteiger partial charge in [-0.05, 0) is 29.8 Å². The van der Waals surface area contributed by atoms with Crippen molar-refractivity contribution in [1.29, 1.82) is 0 Å². The largest absolute Gasteiger partial charge is 0.453 e. The Balaban J connectivity index is 1.92. The van der Waals surface area contributed by atoms with Crippen molar-refractivity contribution in [3.8, 4) is 11.5 Å². The van der Waals surface area contributed by atoms with Crippen LogP contribution in [0, 0.1) is 5.82 Å².